The molecule has 1 N–H and O–H groups in total. The summed E-state index contributed by atoms with van der Waals surface area (Å²) in [5, 5.41) is 5.42. The molecule has 2 aromatic heterocycles. The molecule has 0 radical (unpaired) electrons. The molecule has 0 aliphatic heterocycles. The van der Waals surface area contributed by atoms with E-state index in [-0.39, 0.29) is 10.7 Å². The van der Waals surface area contributed by atoms with Gasteiger partial charge in [-0.1, -0.05) is 49.7 Å². The lowest BCUT2D eigenvalue weighted by Gasteiger charge is -2.13. The molecule has 2 heterocycles. The average Bonchev–Trinajstić information content (AvgIpc) is 3.14. The van der Waals surface area contributed by atoms with E-state index in [9.17, 15) is 13.2 Å². The summed E-state index contributed by atoms with van der Waals surface area (Å²) in [5.74, 6) is 0.867. The molecule has 0 spiro atoms. The van der Waals surface area contributed by atoms with Gasteiger partial charge in [-0.25, -0.2) is 9.97 Å². The van der Waals surface area contributed by atoms with Crippen LogP contribution in [-0.2, 0) is 6.18 Å². The first-order valence-electron chi connectivity index (χ1n) is 9.20. The molecule has 0 atom stereocenters. The van der Waals surface area contributed by atoms with Gasteiger partial charge in [0.1, 0.15) is 17.0 Å². The van der Waals surface area contributed by atoms with Crippen molar-refractivity contribution in [3.05, 3.63) is 70.3 Å². The molecule has 0 unspecified atom stereocenters. The van der Waals surface area contributed by atoms with Crippen LogP contribution in [-0.4, -0.2) is 9.97 Å². The fraction of sp³-hybridized carbons (Fsp3) is 0.182. The number of nitrogens with one attached hydrogen (secondary N) is 1. The Morgan fingerprint density at radius 3 is 2.43 bits per heavy atom. The SMILES string of the molecule is CC(C)c1ccc(-c2csc3ncnc(Nc4ccc(Cl)c(C(F)(F)F)c4)c23)cc1. The van der Waals surface area contributed by atoms with Gasteiger partial charge in [0.2, 0.25) is 0 Å². The van der Waals surface area contributed by atoms with Crippen molar-refractivity contribution in [1.29, 1.82) is 0 Å². The minimum Gasteiger partial charge on any atom is -0.340 e. The third-order valence-corrected chi connectivity index (χ3v) is 6.01. The van der Waals surface area contributed by atoms with Gasteiger partial charge >= 0.3 is 6.18 Å². The van der Waals surface area contributed by atoms with Crippen LogP contribution >= 0.6 is 22.9 Å². The largest absolute Gasteiger partial charge is 0.417 e. The second kappa shape index (κ2) is 7.89. The number of halogens is 4. The molecular weight excluding hydrogens is 431 g/mol. The van der Waals surface area contributed by atoms with E-state index < -0.39 is 11.7 Å². The zero-order valence-corrected chi connectivity index (χ0v) is 17.7. The number of nitrogens with zero attached hydrogens (tertiary/aromatic N) is 2. The fourth-order valence-electron chi connectivity index (χ4n) is 3.19. The number of hydrogen-bond acceptors (Lipinski definition) is 4. The van der Waals surface area contributed by atoms with Gasteiger partial charge < -0.3 is 5.32 Å². The van der Waals surface area contributed by atoms with Crippen LogP contribution in [0.15, 0.2) is 54.2 Å². The predicted molar refractivity (Wildman–Crippen MR) is 117 cm³/mol. The molecule has 0 bridgehead atoms. The Labute approximate surface area is 180 Å². The van der Waals surface area contributed by atoms with Crippen molar-refractivity contribution in [3.63, 3.8) is 0 Å². The summed E-state index contributed by atoms with van der Waals surface area (Å²) in [7, 11) is 0. The fourth-order valence-corrected chi connectivity index (χ4v) is 4.33. The zero-order chi connectivity index (χ0) is 21.5. The molecule has 0 fully saturated rings. The van der Waals surface area contributed by atoms with Gasteiger partial charge in [-0.15, -0.1) is 11.3 Å². The summed E-state index contributed by atoms with van der Waals surface area (Å²) >= 11 is 7.19. The van der Waals surface area contributed by atoms with Crippen molar-refractivity contribution >= 4 is 44.7 Å². The Morgan fingerprint density at radius 1 is 1.03 bits per heavy atom. The summed E-state index contributed by atoms with van der Waals surface area (Å²) in [4.78, 5) is 9.35. The Kier molecular flexibility index (Phi) is 5.42. The summed E-state index contributed by atoms with van der Waals surface area (Å²) in [5.41, 5.74) is 2.51. The van der Waals surface area contributed by atoms with Crippen molar-refractivity contribution in [2.75, 3.05) is 5.32 Å². The summed E-state index contributed by atoms with van der Waals surface area (Å²) < 4.78 is 39.6. The zero-order valence-electron chi connectivity index (χ0n) is 16.1. The molecule has 30 heavy (non-hydrogen) atoms. The highest BCUT2D eigenvalue weighted by Crippen LogP contribution is 2.40. The van der Waals surface area contributed by atoms with Crippen molar-refractivity contribution in [2.24, 2.45) is 0 Å². The maximum Gasteiger partial charge on any atom is 0.417 e. The number of hydrogen-bond donors (Lipinski definition) is 1. The highest BCUT2D eigenvalue weighted by atomic mass is 35.5. The molecule has 4 rings (SSSR count). The minimum absolute atomic E-state index is 0.249. The number of fused-ring (bicyclic) bond motifs is 1. The molecular formula is C22H17ClF3N3S. The first-order valence-corrected chi connectivity index (χ1v) is 10.5. The normalized spacial score (nSPS) is 12.0. The molecule has 8 heteroatoms. The van der Waals surface area contributed by atoms with Crippen LogP contribution < -0.4 is 5.32 Å². The maximum atomic E-state index is 13.2. The van der Waals surface area contributed by atoms with Crippen LogP contribution in [0.25, 0.3) is 21.3 Å². The van der Waals surface area contributed by atoms with Gasteiger partial charge in [-0.2, -0.15) is 13.2 Å². The monoisotopic (exact) mass is 447 g/mol. The van der Waals surface area contributed by atoms with Crippen molar-refractivity contribution in [2.45, 2.75) is 25.9 Å². The Morgan fingerprint density at radius 2 is 1.77 bits per heavy atom. The molecule has 2 aromatic carbocycles. The highest BCUT2D eigenvalue weighted by molar-refractivity contribution is 7.17. The molecule has 0 amide bonds. The van der Waals surface area contributed by atoms with Gasteiger partial charge in [-0.05, 0) is 35.2 Å². The Balaban J connectivity index is 1.77. The lowest BCUT2D eigenvalue weighted by atomic mass is 9.99. The van der Waals surface area contributed by atoms with Crippen LogP contribution in [0.5, 0.6) is 0 Å². The van der Waals surface area contributed by atoms with Gasteiger partial charge in [0, 0.05) is 16.6 Å². The molecule has 0 aliphatic rings. The molecule has 3 nitrogen and oxygen atoms in total. The van der Waals surface area contributed by atoms with E-state index >= 15 is 0 Å². The third-order valence-electron chi connectivity index (χ3n) is 4.79. The van der Waals surface area contributed by atoms with Crippen molar-refractivity contribution in [1.82, 2.24) is 9.97 Å². The topological polar surface area (TPSA) is 37.8 Å². The lowest BCUT2D eigenvalue weighted by Crippen LogP contribution is -2.06. The first kappa shape index (κ1) is 20.6. The van der Waals surface area contributed by atoms with Gasteiger partial charge in [-0.3, -0.25) is 0 Å². The number of anilines is 2. The quantitative estimate of drug-likeness (QED) is 0.345. The molecule has 154 valence electrons. The Bertz CT molecular complexity index is 1200. The van der Waals surface area contributed by atoms with Crippen molar-refractivity contribution < 1.29 is 13.2 Å². The van der Waals surface area contributed by atoms with E-state index in [1.54, 1.807) is 0 Å². The van der Waals surface area contributed by atoms with Crippen molar-refractivity contribution in [3.8, 4) is 11.1 Å². The van der Waals surface area contributed by atoms with Crippen LogP contribution in [0.4, 0.5) is 24.7 Å². The highest BCUT2D eigenvalue weighted by Gasteiger charge is 2.33. The molecule has 0 aliphatic carbocycles. The number of alkyl halides is 3. The van der Waals surface area contributed by atoms with E-state index in [4.69, 9.17) is 11.6 Å². The second-order valence-electron chi connectivity index (χ2n) is 7.15. The maximum absolute atomic E-state index is 13.2. The molecule has 4 aromatic rings. The third kappa shape index (κ3) is 4.00. The van der Waals surface area contributed by atoms with E-state index in [1.807, 2.05) is 17.5 Å². The lowest BCUT2D eigenvalue weighted by molar-refractivity contribution is -0.137. The second-order valence-corrected chi connectivity index (χ2v) is 8.41. The van der Waals surface area contributed by atoms with E-state index in [1.165, 1.54) is 35.4 Å². The molecule has 0 saturated heterocycles. The average molecular weight is 448 g/mol. The van der Waals surface area contributed by atoms with Crippen LogP contribution in [0, 0.1) is 0 Å². The number of thiophene rings is 1. The summed E-state index contributed by atoms with van der Waals surface area (Å²) in [6.45, 7) is 4.26. The van der Waals surface area contributed by atoms with E-state index in [0.29, 0.717) is 11.7 Å². The van der Waals surface area contributed by atoms with E-state index in [0.717, 1.165) is 27.4 Å². The van der Waals surface area contributed by atoms with E-state index in [2.05, 4.69) is 41.3 Å². The van der Waals surface area contributed by atoms with Crippen LogP contribution in [0.2, 0.25) is 5.02 Å². The van der Waals surface area contributed by atoms with Gasteiger partial charge in [0.25, 0.3) is 0 Å². The number of rotatable bonds is 4. The minimum atomic E-state index is -4.54. The summed E-state index contributed by atoms with van der Waals surface area (Å²) in [6, 6.07) is 11.9. The summed E-state index contributed by atoms with van der Waals surface area (Å²) in [6.07, 6.45) is -3.14. The van der Waals surface area contributed by atoms with Gasteiger partial charge in [0.15, 0.2) is 0 Å². The standard InChI is InChI=1S/C22H17ClF3N3S/c1-12(2)13-3-5-14(6-4-13)16-10-30-21-19(16)20(27-11-28-21)29-15-7-8-18(23)17(9-15)22(24,25)26/h3-12H,1-2H3,(H,27,28,29). The van der Waals surface area contributed by atoms with Gasteiger partial charge in [0.05, 0.1) is 16.0 Å². The number of aromatic nitrogens is 2. The smallest absolute Gasteiger partial charge is 0.340 e. The Hall–Kier alpha value is -2.64. The first-order chi connectivity index (χ1) is 14.2. The molecule has 0 saturated carbocycles. The van der Waals surface area contributed by atoms with Crippen LogP contribution in [0.1, 0.15) is 30.9 Å². The van der Waals surface area contributed by atoms with Crippen LogP contribution in [0.3, 0.4) is 0 Å². The predicted octanol–water partition coefficient (Wildman–Crippen LogP) is 7.90. The number of benzene rings is 2.